The Morgan fingerprint density at radius 2 is 2.27 bits per heavy atom. The molecular weight excluding hydrogens is 260 g/mol. The van der Waals surface area contributed by atoms with E-state index in [1.165, 1.54) is 0 Å². The van der Waals surface area contributed by atoms with Crippen LogP contribution in [0.1, 0.15) is 10.4 Å². The number of halogens is 1. The van der Waals surface area contributed by atoms with Crippen LogP contribution in [0.4, 0.5) is 0 Å². The fourth-order valence-corrected chi connectivity index (χ4v) is 1.62. The summed E-state index contributed by atoms with van der Waals surface area (Å²) in [5.74, 6) is 1.09. The molecule has 1 aromatic carbocycles. The minimum atomic E-state index is 0.358. The summed E-state index contributed by atoms with van der Waals surface area (Å²) in [4.78, 5) is 10.7. The van der Waals surface area contributed by atoms with E-state index >= 15 is 0 Å². The van der Waals surface area contributed by atoms with E-state index in [2.05, 4.69) is 22.5 Å². The molecule has 80 valence electrons. The average Bonchev–Trinajstić information content (AvgIpc) is 2.27. The molecule has 0 bridgehead atoms. The van der Waals surface area contributed by atoms with Crippen LogP contribution >= 0.6 is 15.9 Å². The first-order chi connectivity index (χ1) is 7.24. The molecule has 15 heavy (non-hydrogen) atoms. The van der Waals surface area contributed by atoms with Gasteiger partial charge in [0.05, 0.1) is 11.6 Å². The van der Waals surface area contributed by atoms with Gasteiger partial charge in [0.2, 0.25) is 0 Å². The molecule has 1 aromatic rings. The highest BCUT2D eigenvalue weighted by Gasteiger charge is 2.12. The van der Waals surface area contributed by atoms with E-state index in [-0.39, 0.29) is 0 Å². The topological polar surface area (TPSA) is 35.5 Å². The Morgan fingerprint density at radius 1 is 1.53 bits per heavy atom. The third kappa shape index (κ3) is 2.59. The normalized spacial score (nSPS) is 9.47. The standard InChI is InChI=1S/C11H11BrO3/c1-3-6-15-11-9(14-2)5-4-8(7-13)10(11)12/h3-5,7H,1,6H2,2H3. The molecule has 1 rings (SSSR count). The van der Waals surface area contributed by atoms with Crippen molar-refractivity contribution in [3.63, 3.8) is 0 Å². The molecule has 0 spiro atoms. The molecule has 4 heteroatoms. The van der Waals surface area contributed by atoms with Crippen molar-refractivity contribution in [3.05, 3.63) is 34.8 Å². The van der Waals surface area contributed by atoms with Gasteiger partial charge in [0.15, 0.2) is 17.8 Å². The van der Waals surface area contributed by atoms with E-state index in [0.29, 0.717) is 28.1 Å². The maximum Gasteiger partial charge on any atom is 0.176 e. The van der Waals surface area contributed by atoms with Gasteiger partial charge in [-0.15, -0.1) is 0 Å². The number of carbonyl (C=O) groups is 1. The number of benzene rings is 1. The average molecular weight is 271 g/mol. The van der Waals surface area contributed by atoms with Crippen LogP contribution in [0.25, 0.3) is 0 Å². The van der Waals surface area contributed by atoms with Gasteiger partial charge in [0, 0.05) is 5.56 Å². The summed E-state index contributed by atoms with van der Waals surface area (Å²) < 4.78 is 11.1. The summed E-state index contributed by atoms with van der Waals surface area (Å²) in [6.07, 6.45) is 2.38. The second-order valence-electron chi connectivity index (χ2n) is 2.72. The van der Waals surface area contributed by atoms with Crippen molar-refractivity contribution < 1.29 is 14.3 Å². The van der Waals surface area contributed by atoms with E-state index < -0.39 is 0 Å². The quantitative estimate of drug-likeness (QED) is 0.610. The zero-order valence-electron chi connectivity index (χ0n) is 8.33. The van der Waals surface area contributed by atoms with E-state index in [1.807, 2.05) is 0 Å². The molecule has 0 aliphatic carbocycles. The fraction of sp³-hybridized carbons (Fsp3) is 0.182. The van der Waals surface area contributed by atoms with Gasteiger partial charge in [-0.05, 0) is 28.1 Å². The van der Waals surface area contributed by atoms with Gasteiger partial charge in [-0.2, -0.15) is 0 Å². The Kier molecular flexibility index (Phi) is 4.37. The Morgan fingerprint density at radius 3 is 2.80 bits per heavy atom. The van der Waals surface area contributed by atoms with Crippen LogP contribution in [0.5, 0.6) is 11.5 Å². The number of hydrogen-bond acceptors (Lipinski definition) is 3. The third-order valence-corrected chi connectivity index (χ3v) is 2.60. The summed E-state index contributed by atoms with van der Waals surface area (Å²) in [5.41, 5.74) is 0.523. The van der Waals surface area contributed by atoms with Crippen molar-refractivity contribution in [2.45, 2.75) is 0 Å². The maximum atomic E-state index is 10.7. The molecule has 0 aromatic heterocycles. The Hall–Kier alpha value is -1.29. The highest BCUT2D eigenvalue weighted by atomic mass is 79.9. The number of ether oxygens (including phenoxy) is 2. The van der Waals surface area contributed by atoms with Gasteiger partial charge in [0.25, 0.3) is 0 Å². The molecule has 0 atom stereocenters. The largest absolute Gasteiger partial charge is 0.493 e. The predicted octanol–water partition coefficient (Wildman–Crippen LogP) is 2.84. The lowest BCUT2D eigenvalue weighted by atomic mass is 10.2. The number of methoxy groups -OCH3 is 1. The summed E-state index contributed by atoms with van der Waals surface area (Å²) in [7, 11) is 1.54. The smallest absolute Gasteiger partial charge is 0.176 e. The van der Waals surface area contributed by atoms with E-state index in [0.717, 1.165) is 6.29 Å². The van der Waals surface area contributed by atoms with Crippen LogP contribution in [0, 0.1) is 0 Å². The highest BCUT2D eigenvalue weighted by molar-refractivity contribution is 9.10. The Balaban J connectivity index is 3.15. The van der Waals surface area contributed by atoms with Gasteiger partial charge in [-0.3, -0.25) is 4.79 Å². The molecule has 0 saturated carbocycles. The number of hydrogen-bond donors (Lipinski definition) is 0. The molecule has 0 radical (unpaired) electrons. The summed E-state index contributed by atoms with van der Waals surface area (Å²) >= 11 is 3.29. The highest BCUT2D eigenvalue weighted by Crippen LogP contribution is 2.37. The Labute approximate surface area is 96.8 Å². The SMILES string of the molecule is C=CCOc1c(OC)ccc(C=O)c1Br. The van der Waals surface area contributed by atoms with Gasteiger partial charge in [-0.25, -0.2) is 0 Å². The molecule has 0 saturated heterocycles. The fourth-order valence-electron chi connectivity index (χ4n) is 1.08. The van der Waals surface area contributed by atoms with Gasteiger partial charge >= 0.3 is 0 Å². The lowest BCUT2D eigenvalue weighted by Gasteiger charge is -2.12. The summed E-state index contributed by atoms with van der Waals surface area (Å²) in [6, 6.07) is 3.35. The van der Waals surface area contributed by atoms with Gasteiger partial charge < -0.3 is 9.47 Å². The first kappa shape index (κ1) is 11.8. The predicted molar refractivity (Wildman–Crippen MR) is 61.8 cm³/mol. The van der Waals surface area contributed by atoms with Crippen molar-refractivity contribution >= 4 is 22.2 Å². The molecule has 0 amide bonds. The maximum absolute atomic E-state index is 10.7. The van der Waals surface area contributed by atoms with E-state index in [9.17, 15) is 4.79 Å². The van der Waals surface area contributed by atoms with E-state index in [4.69, 9.17) is 9.47 Å². The molecule has 0 aliphatic heterocycles. The number of rotatable bonds is 5. The molecular formula is C11H11BrO3. The van der Waals surface area contributed by atoms with Crippen molar-refractivity contribution in [2.24, 2.45) is 0 Å². The molecule has 0 aliphatic rings. The Bertz CT molecular complexity index is 374. The zero-order valence-corrected chi connectivity index (χ0v) is 9.91. The first-order valence-corrected chi connectivity index (χ1v) is 5.09. The van der Waals surface area contributed by atoms with Crippen LogP contribution in [-0.4, -0.2) is 20.0 Å². The van der Waals surface area contributed by atoms with Crippen LogP contribution in [0.3, 0.4) is 0 Å². The van der Waals surface area contributed by atoms with Gasteiger partial charge in [0.1, 0.15) is 6.61 Å². The van der Waals surface area contributed by atoms with Crippen LogP contribution < -0.4 is 9.47 Å². The van der Waals surface area contributed by atoms with Crippen molar-refractivity contribution in [1.82, 2.24) is 0 Å². The zero-order chi connectivity index (χ0) is 11.3. The number of carbonyl (C=O) groups excluding carboxylic acids is 1. The molecule has 0 fully saturated rings. The van der Waals surface area contributed by atoms with Gasteiger partial charge in [-0.1, -0.05) is 12.7 Å². The molecule has 3 nitrogen and oxygen atoms in total. The minimum Gasteiger partial charge on any atom is -0.493 e. The van der Waals surface area contributed by atoms with E-state index in [1.54, 1.807) is 25.3 Å². The van der Waals surface area contributed by atoms with Crippen molar-refractivity contribution in [1.29, 1.82) is 0 Å². The van der Waals surface area contributed by atoms with Crippen LogP contribution in [-0.2, 0) is 0 Å². The molecule has 0 unspecified atom stereocenters. The minimum absolute atomic E-state index is 0.358. The van der Waals surface area contributed by atoms with Crippen molar-refractivity contribution in [3.8, 4) is 11.5 Å². The third-order valence-electron chi connectivity index (χ3n) is 1.78. The first-order valence-electron chi connectivity index (χ1n) is 4.30. The monoisotopic (exact) mass is 270 g/mol. The summed E-state index contributed by atoms with van der Waals surface area (Å²) in [6.45, 7) is 3.91. The summed E-state index contributed by atoms with van der Waals surface area (Å²) in [5, 5.41) is 0. The molecule has 0 heterocycles. The second kappa shape index (κ2) is 5.56. The lowest BCUT2D eigenvalue weighted by Crippen LogP contribution is -1.99. The van der Waals surface area contributed by atoms with Crippen molar-refractivity contribution in [2.75, 3.05) is 13.7 Å². The number of aldehydes is 1. The second-order valence-corrected chi connectivity index (χ2v) is 3.51. The lowest BCUT2D eigenvalue weighted by molar-refractivity contribution is 0.112. The van der Waals surface area contributed by atoms with Crippen LogP contribution in [0.2, 0.25) is 0 Å². The van der Waals surface area contributed by atoms with Crippen LogP contribution in [0.15, 0.2) is 29.3 Å². The molecule has 0 N–H and O–H groups in total.